The Balaban J connectivity index is 0. The summed E-state index contributed by atoms with van der Waals surface area (Å²) in [6.45, 7) is -3.08. The maximum atomic E-state index is 8.96. The molecule has 0 saturated heterocycles. The summed E-state index contributed by atoms with van der Waals surface area (Å²) < 4.78 is 0. The summed E-state index contributed by atoms with van der Waals surface area (Å²) in [4.78, 5) is 0. The summed E-state index contributed by atoms with van der Waals surface area (Å²) in [5.41, 5.74) is -1.11. The van der Waals surface area contributed by atoms with E-state index in [1.807, 2.05) is 0 Å². The van der Waals surface area contributed by atoms with E-state index in [9.17, 15) is 0 Å². The molecule has 0 radical (unpaired) electrons. The van der Waals surface area contributed by atoms with Crippen molar-refractivity contribution < 1.29 is 51.1 Å². The Morgan fingerprint density at radius 1 is 0.524 bits per heavy atom. The molecule has 0 heterocycles. The van der Waals surface area contributed by atoms with Crippen molar-refractivity contribution in [2.75, 3.05) is 39.6 Å². The highest BCUT2D eigenvalue weighted by atomic mass is 16.4. The first kappa shape index (κ1) is 22.9. The molecule has 0 aromatic rings. The normalized spacial score (nSPS) is 17.4. The summed E-state index contributed by atoms with van der Waals surface area (Å²) in [5.74, 6) is 0. The number of hydrogen-bond donors (Lipinski definition) is 10. The molecule has 0 fully saturated rings. The van der Waals surface area contributed by atoms with Gasteiger partial charge in [0.05, 0.1) is 45.1 Å². The first-order valence-corrected chi connectivity index (χ1v) is 6.16. The van der Waals surface area contributed by atoms with E-state index in [2.05, 4.69) is 0 Å². The molecule has 0 aromatic heterocycles. The minimum atomic E-state index is -1.67. The predicted octanol–water partition coefficient (Wildman–Crippen LogP) is -5.64. The smallest absolute Gasteiger partial charge is 0.111 e. The highest BCUT2D eigenvalue weighted by Gasteiger charge is 2.29. The van der Waals surface area contributed by atoms with Crippen LogP contribution in [0.3, 0.4) is 0 Å². The van der Waals surface area contributed by atoms with Gasteiger partial charge in [-0.15, -0.1) is 0 Å². The quantitative estimate of drug-likeness (QED) is 0.195. The lowest BCUT2D eigenvalue weighted by Gasteiger charge is -2.24. The minimum Gasteiger partial charge on any atom is -0.396 e. The van der Waals surface area contributed by atoms with Gasteiger partial charge in [0.25, 0.3) is 0 Å². The third-order valence-corrected chi connectivity index (χ3v) is 2.85. The Kier molecular flexibility index (Phi) is 13.3. The van der Waals surface area contributed by atoms with E-state index in [-0.39, 0.29) is 0 Å². The molecule has 10 nitrogen and oxygen atoms in total. The van der Waals surface area contributed by atoms with Crippen LogP contribution in [0, 0.1) is 5.41 Å². The third-order valence-electron chi connectivity index (χ3n) is 2.85. The first-order chi connectivity index (χ1) is 9.78. The lowest BCUT2D eigenvalue weighted by molar-refractivity contribution is -0.123. The standard InChI is InChI=1S/C6H14O6.C5H12O4/c7-1-3(9)5(11)6(12)4(10)2-8;6-1-5(2-7,3-8)4-9/h3-12H,1-2H2;6-9H,1-4H2/t3-,4+,5-,6-;/m1./s1. The van der Waals surface area contributed by atoms with Gasteiger partial charge in [0.1, 0.15) is 24.4 Å². The molecule has 0 amide bonds. The zero-order valence-electron chi connectivity index (χ0n) is 11.5. The Morgan fingerprint density at radius 3 is 0.857 bits per heavy atom. The first-order valence-electron chi connectivity index (χ1n) is 6.16. The Labute approximate surface area is 121 Å². The molecule has 10 heteroatoms. The largest absolute Gasteiger partial charge is 0.396 e. The van der Waals surface area contributed by atoms with Gasteiger partial charge in [0, 0.05) is 0 Å². The SMILES string of the molecule is OCC(CO)(CO)CO.OC[C@@H](O)[C@@H](O)[C@H](O)[C@@H](O)CO. The average molecular weight is 318 g/mol. The second-order valence-electron chi connectivity index (χ2n) is 4.61. The molecule has 0 aliphatic rings. The summed E-state index contributed by atoms with van der Waals surface area (Å²) in [7, 11) is 0. The molecular formula is C11H26O10. The van der Waals surface area contributed by atoms with Gasteiger partial charge in [-0.05, 0) is 0 Å². The second kappa shape index (κ2) is 12.2. The Hall–Kier alpha value is -0.400. The number of aliphatic hydroxyl groups excluding tert-OH is 10. The molecule has 0 spiro atoms. The maximum absolute atomic E-state index is 8.96. The van der Waals surface area contributed by atoms with E-state index in [1.54, 1.807) is 0 Å². The second-order valence-corrected chi connectivity index (χ2v) is 4.61. The van der Waals surface area contributed by atoms with Gasteiger partial charge in [-0.3, -0.25) is 0 Å². The van der Waals surface area contributed by atoms with Gasteiger partial charge in [0.2, 0.25) is 0 Å². The van der Waals surface area contributed by atoms with E-state index in [0.717, 1.165) is 0 Å². The monoisotopic (exact) mass is 318 g/mol. The van der Waals surface area contributed by atoms with Gasteiger partial charge in [-0.1, -0.05) is 0 Å². The number of rotatable bonds is 9. The third kappa shape index (κ3) is 7.97. The Morgan fingerprint density at radius 2 is 0.762 bits per heavy atom. The zero-order valence-corrected chi connectivity index (χ0v) is 11.5. The van der Waals surface area contributed by atoms with Crippen LogP contribution in [0.4, 0.5) is 0 Å². The van der Waals surface area contributed by atoms with Gasteiger partial charge < -0.3 is 51.1 Å². The fourth-order valence-electron chi connectivity index (χ4n) is 0.971. The van der Waals surface area contributed by atoms with Crippen molar-refractivity contribution in [1.82, 2.24) is 0 Å². The van der Waals surface area contributed by atoms with Crippen molar-refractivity contribution in [3.63, 3.8) is 0 Å². The van der Waals surface area contributed by atoms with Gasteiger partial charge in [0.15, 0.2) is 0 Å². The molecule has 0 saturated carbocycles. The van der Waals surface area contributed by atoms with Crippen LogP contribution in [0.15, 0.2) is 0 Å². The van der Waals surface area contributed by atoms with Crippen molar-refractivity contribution in [3.8, 4) is 0 Å². The lowest BCUT2D eigenvalue weighted by atomic mass is 9.93. The van der Waals surface area contributed by atoms with Crippen LogP contribution in [0.1, 0.15) is 0 Å². The van der Waals surface area contributed by atoms with E-state index in [0.29, 0.717) is 0 Å². The molecule has 4 atom stereocenters. The van der Waals surface area contributed by atoms with Crippen molar-refractivity contribution in [2.24, 2.45) is 5.41 Å². The fourth-order valence-corrected chi connectivity index (χ4v) is 0.971. The molecule has 0 aromatic carbocycles. The van der Waals surface area contributed by atoms with Crippen molar-refractivity contribution in [1.29, 1.82) is 0 Å². The molecule has 0 bridgehead atoms. The summed E-state index contributed by atoms with van der Waals surface area (Å²) >= 11 is 0. The predicted molar refractivity (Wildman–Crippen MR) is 69.0 cm³/mol. The van der Waals surface area contributed by atoms with Crippen LogP contribution >= 0.6 is 0 Å². The highest BCUT2D eigenvalue weighted by molar-refractivity contribution is 4.79. The molecule has 0 rings (SSSR count). The van der Waals surface area contributed by atoms with Gasteiger partial charge in [-0.2, -0.15) is 0 Å². The molecule has 10 N–H and O–H groups in total. The Bertz CT molecular complexity index is 204. The van der Waals surface area contributed by atoms with Crippen molar-refractivity contribution in [2.45, 2.75) is 24.4 Å². The molecule has 0 aliphatic heterocycles. The molecule has 21 heavy (non-hydrogen) atoms. The summed E-state index contributed by atoms with van der Waals surface area (Å²) in [6, 6.07) is 0. The minimum absolute atomic E-state index is 0.406. The van der Waals surface area contributed by atoms with Crippen LogP contribution < -0.4 is 0 Å². The number of aliphatic hydroxyl groups is 10. The van der Waals surface area contributed by atoms with E-state index in [1.165, 1.54) is 0 Å². The average Bonchev–Trinajstić information content (AvgIpc) is 2.55. The molecule has 0 unspecified atom stereocenters. The van der Waals surface area contributed by atoms with Crippen molar-refractivity contribution >= 4 is 0 Å². The summed E-state index contributed by atoms with van der Waals surface area (Å²) in [6.07, 6.45) is -6.39. The molecular weight excluding hydrogens is 292 g/mol. The van der Waals surface area contributed by atoms with Crippen LogP contribution in [0.5, 0.6) is 0 Å². The maximum Gasteiger partial charge on any atom is 0.111 e. The van der Waals surface area contributed by atoms with Crippen molar-refractivity contribution in [3.05, 3.63) is 0 Å². The fraction of sp³-hybridized carbons (Fsp3) is 1.00. The number of hydrogen-bond acceptors (Lipinski definition) is 10. The van der Waals surface area contributed by atoms with Gasteiger partial charge >= 0.3 is 0 Å². The lowest BCUT2D eigenvalue weighted by Crippen LogP contribution is -2.46. The van der Waals surface area contributed by atoms with E-state index in [4.69, 9.17) is 51.1 Å². The van der Waals surface area contributed by atoms with E-state index < -0.39 is 69.5 Å². The molecule has 0 aliphatic carbocycles. The van der Waals surface area contributed by atoms with Gasteiger partial charge in [-0.25, -0.2) is 0 Å². The van der Waals surface area contributed by atoms with Crippen LogP contribution in [-0.2, 0) is 0 Å². The highest BCUT2D eigenvalue weighted by Crippen LogP contribution is 2.11. The van der Waals surface area contributed by atoms with Crippen LogP contribution in [0.25, 0.3) is 0 Å². The summed E-state index contributed by atoms with van der Waals surface area (Å²) in [5, 5.41) is 86.2. The molecule has 130 valence electrons. The van der Waals surface area contributed by atoms with E-state index >= 15 is 0 Å². The topological polar surface area (TPSA) is 202 Å². The zero-order chi connectivity index (χ0) is 17.1. The van der Waals surface area contributed by atoms with Crippen LogP contribution in [-0.4, -0.2) is 115 Å². The van der Waals surface area contributed by atoms with Crippen LogP contribution in [0.2, 0.25) is 0 Å².